The lowest BCUT2D eigenvalue weighted by atomic mass is 10.1. The molecule has 1 amide bonds. The summed E-state index contributed by atoms with van der Waals surface area (Å²) in [5.41, 5.74) is 0.0688. The van der Waals surface area contributed by atoms with Crippen LogP contribution < -0.4 is 19.5 Å². The number of carbonyl (C=O) groups is 4. The van der Waals surface area contributed by atoms with Gasteiger partial charge in [0.15, 0.2) is 18.1 Å². The number of anilines is 1. The summed E-state index contributed by atoms with van der Waals surface area (Å²) < 4.78 is 29.9. The smallest absolute Gasteiger partial charge is 0.342 e. The van der Waals surface area contributed by atoms with Gasteiger partial charge in [0.25, 0.3) is 5.91 Å². The molecule has 0 aliphatic heterocycles. The van der Waals surface area contributed by atoms with Gasteiger partial charge in [-0.15, -0.1) is 0 Å². The van der Waals surface area contributed by atoms with Gasteiger partial charge in [-0.1, -0.05) is 0 Å². The molecule has 2 rings (SSSR count). The van der Waals surface area contributed by atoms with Gasteiger partial charge < -0.3 is 33.7 Å². The molecule has 0 aliphatic carbocycles. The number of carbonyl (C=O) groups excluding carboxylic acids is 4. The van der Waals surface area contributed by atoms with Crippen LogP contribution in [0.4, 0.5) is 5.69 Å². The zero-order valence-corrected chi connectivity index (χ0v) is 18.7. The summed E-state index contributed by atoms with van der Waals surface area (Å²) >= 11 is 0. The molecule has 33 heavy (non-hydrogen) atoms. The van der Waals surface area contributed by atoms with E-state index in [2.05, 4.69) is 14.8 Å². The Morgan fingerprint density at radius 3 is 1.88 bits per heavy atom. The quantitative estimate of drug-likeness (QED) is 0.437. The van der Waals surface area contributed by atoms with Gasteiger partial charge in [-0.05, 0) is 18.2 Å². The fraction of sp³-hybridized carbons (Fsp3) is 0.273. The van der Waals surface area contributed by atoms with Crippen molar-refractivity contribution in [2.24, 2.45) is 0 Å². The second kappa shape index (κ2) is 11.4. The molecule has 0 aromatic heterocycles. The van der Waals surface area contributed by atoms with Gasteiger partial charge >= 0.3 is 17.9 Å². The lowest BCUT2D eigenvalue weighted by Gasteiger charge is -2.14. The van der Waals surface area contributed by atoms with Gasteiger partial charge in [0.2, 0.25) is 0 Å². The van der Waals surface area contributed by atoms with Crippen molar-refractivity contribution in [3.63, 3.8) is 0 Å². The number of esters is 3. The molecule has 0 saturated heterocycles. The molecule has 11 nitrogen and oxygen atoms in total. The number of ether oxygens (including phenoxy) is 6. The molecule has 0 bridgehead atoms. The second-order valence-electron chi connectivity index (χ2n) is 6.28. The summed E-state index contributed by atoms with van der Waals surface area (Å²) in [6.45, 7) is -0.695. The number of hydrogen-bond donors (Lipinski definition) is 1. The van der Waals surface area contributed by atoms with Crippen molar-refractivity contribution in [1.82, 2.24) is 0 Å². The third kappa shape index (κ3) is 5.91. The molecule has 0 heterocycles. The number of amides is 1. The molecule has 0 fully saturated rings. The molecule has 2 aromatic carbocycles. The number of rotatable bonds is 9. The highest BCUT2D eigenvalue weighted by molar-refractivity contribution is 6.04. The van der Waals surface area contributed by atoms with E-state index in [0.29, 0.717) is 5.75 Å². The van der Waals surface area contributed by atoms with Crippen LogP contribution in [0.25, 0.3) is 0 Å². The maximum absolute atomic E-state index is 12.5. The first-order valence-electron chi connectivity index (χ1n) is 9.37. The minimum atomic E-state index is -0.862. The molecule has 0 spiro atoms. The maximum atomic E-state index is 12.5. The van der Waals surface area contributed by atoms with Crippen LogP contribution in [-0.4, -0.2) is 66.0 Å². The van der Waals surface area contributed by atoms with E-state index in [9.17, 15) is 19.2 Å². The van der Waals surface area contributed by atoms with E-state index in [-0.39, 0.29) is 33.9 Å². The van der Waals surface area contributed by atoms with Gasteiger partial charge in [-0.2, -0.15) is 0 Å². The van der Waals surface area contributed by atoms with Crippen molar-refractivity contribution in [3.8, 4) is 17.2 Å². The SMILES string of the molecule is COC(=O)c1ccc(C(=O)OC)c(NC(=O)COC(=O)c2cc(OC)c(OC)cc2OC)c1. The van der Waals surface area contributed by atoms with E-state index in [1.807, 2.05) is 0 Å². The minimum absolute atomic E-state index is 0.00545. The van der Waals surface area contributed by atoms with E-state index >= 15 is 0 Å². The molecule has 0 unspecified atom stereocenters. The Morgan fingerprint density at radius 2 is 1.30 bits per heavy atom. The lowest BCUT2D eigenvalue weighted by molar-refractivity contribution is -0.119. The normalized spacial score (nSPS) is 9.97. The third-order valence-electron chi connectivity index (χ3n) is 4.38. The highest BCUT2D eigenvalue weighted by Crippen LogP contribution is 2.35. The van der Waals surface area contributed by atoms with Crippen molar-refractivity contribution >= 4 is 29.5 Å². The van der Waals surface area contributed by atoms with Crippen LogP contribution in [0.1, 0.15) is 31.1 Å². The van der Waals surface area contributed by atoms with E-state index in [4.69, 9.17) is 18.9 Å². The van der Waals surface area contributed by atoms with Crippen molar-refractivity contribution in [2.45, 2.75) is 0 Å². The largest absolute Gasteiger partial charge is 0.496 e. The van der Waals surface area contributed by atoms with E-state index in [0.717, 1.165) is 0 Å². The predicted molar refractivity (Wildman–Crippen MR) is 114 cm³/mol. The summed E-state index contributed by atoms with van der Waals surface area (Å²) in [7, 11) is 6.54. The van der Waals surface area contributed by atoms with Crippen LogP contribution in [0.2, 0.25) is 0 Å². The van der Waals surface area contributed by atoms with Crippen LogP contribution >= 0.6 is 0 Å². The average molecular weight is 461 g/mol. The zero-order chi connectivity index (χ0) is 24.5. The molecule has 2 aromatic rings. The summed E-state index contributed by atoms with van der Waals surface area (Å²) in [6, 6.07) is 6.68. The minimum Gasteiger partial charge on any atom is -0.496 e. The Morgan fingerprint density at radius 1 is 0.697 bits per heavy atom. The Bertz CT molecular complexity index is 1060. The van der Waals surface area contributed by atoms with Gasteiger partial charge in [0, 0.05) is 12.1 Å². The molecule has 0 aliphatic rings. The Hall–Kier alpha value is -4.28. The molecule has 0 radical (unpaired) electrons. The lowest BCUT2D eigenvalue weighted by Crippen LogP contribution is -2.23. The van der Waals surface area contributed by atoms with Crippen LogP contribution in [0.3, 0.4) is 0 Å². The monoisotopic (exact) mass is 461 g/mol. The summed E-state index contributed by atoms with van der Waals surface area (Å²) in [5, 5.41) is 2.42. The highest BCUT2D eigenvalue weighted by Gasteiger charge is 2.21. The first-order chi connectivity index (χ1) is 15.8. The number of nitrogens with one attached hydrogen (secondary N) is 1. The molecule has 0 atom stereocenters. The van der Waals surface area contributed by atoms with Crippen LogP contribution in [0, 0.1) is 0 Å². The van der Waals surface area contributed by atoms with Gasteiger partial charge in [-0.25, -0.2) is 14.4 Å². The molecule has 176 valence electrons. The second-order valence-corrected chi connectivity index (χ2v) is 6.28. The van der Waals surface area contributed by atoms with E-state index in [1.54, 1.807) is 0 Å². The Labute approximate surface area is 189 Å². The Kier molecular flexibility index (Phi) is 8.61. The fourth-order valence-electron chi connectivity index (χ4n) is 2.76. The molecular formula is C22H23NO10. The van der Waals surface area contributed by atoms with Crippen molar-refractivity contribution in [1.29, 1.82) is 0 Å². The van der Waals surface area contributed by atoms with E-state index in [1.165, 1.54) is 65.9 Å². The first kappa shape index (κ1) is 25.0. The zero-order valence-electron chi connectivity index (χ0n) is 18.7. The predicted octanol–water partition coefficient (Wildman–Crippen LogP) is 2.08. The fourth-order valence-corrected chi connectivity index (χ4v) is 2.76. The van der Waals surface area contributed by atoms with Crippen LogP contribution in [0.15, 0.2) is 30.3 Å². The highest BCUT2D eigenvalue weighted by atomic mass is 16.5. The molecule has 0 saturated carbocycles. The van der Waals surface area contributed by atoms with Crippen LogP contribution in [0.5, 0.6) is 17.2 Å². The molecule has 1 N–H and O–H groups in total. The molecular weight excluding hydrogens is 438 g/mol. The van der Waals surface area contributed by atoms with Crippen molar-refractivity contribution in [2.75, 3.05) is 47.5 Å². The maximum Gasteiger partial charge on any atom is 0.342 e. The third-order valence-corrected chi connectivity index (χ3v) is 4.38. The number of benzene rings is 2. The summed E-state index contributed by atoms with van der Waals surface area (Å²) in [6.07, 6.45) is 0. The topological polar surface area (TPSA) is 136 Å². The van der Waals surface area contributed by atoms with Crippen molar-refractivity contribution in [3.05, 3.63) is 47.0 Å². The summed E-state index contributed by atoms with van der Waals surface area (Å²) in [4.78, 5) is 48.7. The van der Waals surface area contributed by atoms with Crippen LogP contribution in [-0.2, 0) is 19.0 Å². The molecule has 11 heteroatoms. The standard InChI is InChI=1S/C22H23NO10/c1-28-16-10-18(30-3)17(29-2)9-14(16)22(27)33-11-19(24)23-15-8-12(20(25)31-4)6-7-13(15)21(26)32-5/h6-10H,11H2,1-5H3,(H,23,24). The summed E-state index contributed by atoms with van der Waals surface area (Å²) in [5.74, 6) is -2.30. The average Bonchev–Trinajstić information content (AvgIpc) is 2.85. The van der Waals surface area contributed by atoms with Gasteiger partial charge in [0.05, 0.1) is 52.4 Å². The number of methoxy groups -OCH3 is 5. The van der Waals surface area contributed by atoms with E-state index < -0.39 is 30.4 Å². The number of hydrogen-bond acceptors (Lipinski definition) is 10. The Balaban J connectivity index is 2.20. The van der Waals surface area contributed by atoms with Gasteiger partial charge in [-0.3, -0.25) is 4.79 Å². The first-order valence-corrected chi connectivity index (χ1v) is 9.37. The van der Waals surface area contributed by atoms with Gasteiger partial charge in [0.1, 0.15) is 11.3 Å². The van der Waals surface area contributed by atoms with Crippen molar-refractivity contribution < 1.29 is 47.6 Å².